The van der Waals surface area contributed by atoms with Gasteiger partial charge in [-0.25, -0.2) is 4.98 Å². The van der Waals surface area contributed by atoms with E-state index in [1.165, 1.54) is 24.4 Å². The summed E-state index contributed by atoms with van der Waals surface area (Å²) in [6.07, 6.45) is -2.66. The Morgan fingerprint density at radius 3 is 2.55 bits per heavy atom. The van der Waals surface area contributed by atoms with Crippen LogP contribution < -0.4 is 9.64 Å². The predicted molar refractivity (Wildman–Crippen MR) is 133 cm³/mol. The molecule has 1 aliphatic carbocycles. The van der Waals surface area contributed by atoms with E-state index >= 15 is 0 Å². The number of rotatable bonds is 7. The summed E-state index contributed by atoms with van der Waals surface area (Å²) in [6.45, 7) is -9.98. The topological polar surface area (TPSA) is 85.3 Å². The van der Waals surface area contributed by atoms with Gasteiger partial charge in [0.25, 0.3) is 5.89 Å². The number of hydrogen-bond acceptors (Lipinski definition) is 8. The number of halogens is 3. The van der Waals surface area contributed by atoms with Crippen LogP contribution in [0.5, 0.6) is 5.75 Å². The summed E-state index contributed by atoms with van der Waals surface area (Å²) in [6, 6.07) is 8.88. The molecule has 3 aromatic heterocycles. The highest BCUT2D eigenvalue weighted by Crippen LogP contribution is 2.29. The lowest BCUT2D eigenvalue weighted by atomic mass is 10.2. The van der Waals surface area contributed by atoms with Crippen LogP contribution in [0.3, 0.4) is 0 Å². The highest BCUT2D eigenvalue weighted by atomic mass is 19.4. The van der Waals surface area contributed by atoms with Crippen molar-refractivity contribution in [1.82, 2.24) is 29.8 Å². The Morgan fingerprint density at radius 2 is 1.84 bits per heavy atom. The van der Waals surface area contributed by atoms with Gasteiger partial charge in [0.1, 0.15) is 11.6 Å². The quantitative estimate of drug-likeness (QED) is 0.343. The zero-order valence-corrected chi connectivity index (χ0v) is 19.9. The smallest absolute Gasteiger partial charge is 0.406 e. The molecule has 0 radical (unpaired) electrons. The zero-order chi connectivity index (χ0) is 33.4. The third-order valence-electron chi connectivity index (χ3n) is 5.82. The van der Waals surface area contributed by atoms with Gasteiger partial charge in [0, 0.05) is 55.0 Å². The van der Waals surface area contributed by atoms with Crippen molar-refractivity contribution in [3.05, 3.63) is 59.9 Å². The van der Waals surface area contributed by atoms with Crippen LogP contribution in [0.15, 0.2) is 53.2 Å². The third kappa shape index (κ3) is 5.49. The van der Waals surface area contributed by atoms with Crippen LogP contribution in [0, 0.1) is 6.92 Å². The van der Waals surface area contributed by atoms with Crippen LogP contribution >= 0.6 is 0 Å². The molecular weight excluding hydrogens is 499 g/mol. The number of anilines is 1. The van der Waals surface area contributed by atoms with Gasteiger partial charge in [-0.15, -0.1) is 13.2 Å². The number of pyridine rings is 1. The summed E-state index contributed by atoms with van der Waals surface area (Å²) in [4.78, 5) is 9.50. The monoisotopic (exact) mass is 533 g/mol. The summed E-state index contributed by atoms with van der Waals surface area (Å²) in [5, 5.41) is 8.36. The highest BCUT2D eigenvalue weighted by molar-refractivity contribution is 5.59. The van der Waals surface area contributed by atoms with E-state index in [1.54, 1.807) is 23.7 Å². The molecule has 2 fully saturated rings. The molecule has 1 aliphatic heterocycles. The van der Waals surface area contributed by atoms with E-state index < -0.39 is 44.1 Å². The maximum Gasteiger partial charge on any atom is 0.573 e. The zero-order valence-electron chi connectivity index (χ0n) is 27.9. The van der Waals surface area contributed by atoms with Gasteiger partial charge >= 0.3 is 6.36 Å². The molecule has 0 spiro atoms. The molecule has 0 unspecified atom stereocenters. The largest absolute Gasteiger partial charge is 0.573 e. The molecule has 2 aliphatic rings. The number of ether oxygens (including phenoxy) is 1. The molecule has 38 heavy (non-hydrogen) atoms. The van der Waals surface area contributed by atoms with Crippen molar-refractivity contribution < 1.29 is 33.4 Å². The van der Waals surface area contributed by atoms with Crippen molar-refractivity contribution in [2.24, 2.45) is 0 Å². The minimum absolute atomic E-state index is 0.0299. The first-order valence-corrected chi connectivity index (χ1v) is 11.6. The van der Waals surface area contributed by atoms with E-state index in [2.05, 4.69) is 25.0 Å². The molecule has 0 bridgehead atoms. The Morgan fingerprint density at radius 1 is 1.08 bits per heavy atom. The van der Waals surface area contributed by atoms with Gasteiger partial charge in [0.2, 0.25) is 5.82 Å². The first-order chi connectivity index (χ1) is 21.3. The third-order valence-corrected chi connectivity index (χ3v) is 5.82. The molecule has 0 atom stereocenters. The summed E-state index contributed by atoms with van der Waals surface area (Å²) in [5.74, 6) is -0.570. The van der Waals surface area contributed by atoms with E-state index in [9.17, 15) is 13.2 Å². The fourth-order valence-corrected chi connectivity index (χ4v) is 3.77. The normalized spacial score (nSPS) is 25.1. The maximum absolute atomic E-state index is 12.5. The van der Waals surface area contributed by atoms with Crippen molar-refractivity contribution in [3.8, 4) is 28.7 Å². The molecule has 1 saturated carbocycles. The maximum atomic E-state index is 12.5. The molecule has 1 aromatic carbocycles. The van der Waals surface area contributed by atoms with E-state index in [4.69, 9.17) is 15.5 Å². The lowest BCUT2D eigenvalue weighted by Crippen LogP contribution is -2.47. The number of nitrogens with zero attached hydrogens (tertiary/aromatic N) is 7. The second-order valence-corrected chi connectivity index (χ2v) is 8.73. The van der Waals surface area contributed by atoms with Crippen LogP contribution in [0.2, 0.25) is 0 Å². The van der Waals surface area contributed by atoms with Gasteiger partial charge in [0.15, 0.2) is 5.69 Å². The van der Waals surface area contributed by atoms with Gasteiger partial charge in [0.05, 0.1) is 12.0 Å². The highest BCUT2D eigenvalue weighted by Gasteiger charge is 2.32. The molecule has 9 nitrogen and oxygen atoms in total. The van der Waals surface area contributed by atoms with Gasteiger partial charge in [-0.2, -0.15) is 10.1 Å². The van der Waals surface area contributed by atoms with Crippen LogP contribution in [-0.2, 0) is 6.54 Å². The Kier molecular flexibility index (Phi) is 4.31. The number of alkyl halides is 3. The minimum atomic E-state index is -4.83. The molecule has 12 heteroatoms. The SMILES string of the molecule is [2H]C1([2H])N(c2cc(Cn3nc(-c4nc(-c5ccc(OC(F)(F)F)cc5)no4)cc3C)ccn2)C([2H])([2H])C([2H])([2H])N(C2CC2)C1([2H])[2H]. The van der Waals surface area contributed by atoms with Crippen LogP contribution in [0.25, 0.3) is 23.0 Å². The standard InChI is InChI=1S/C26H26F3N7O2/c1-17-14-22(25-31-24(33-38-25)19-2-6-21(7-3-19)37-26(27,28)29)32-36(17)16-18-8-9-30-23(15-18)35-12-10-34(11-13-35)20-4-5-20/h2-3,6-9,14-15,20H,4-5,10-13,16H2,1H3/i10D2,11D2,12D2,13D2. The average molecular weight is 534 g/mol. The van der Waals surface area contributed by atoms with E-state index in [0.29, 0.717) is 39.5 Å². The van der Waals surface area contributed by atoms with E-state index in [0.717, 1.165) is 12.1 Å². The lowest BCUT2D eigenvalue weighted by molar-refractivity contribution is -0.274. The number of piperazine rings is 1. The number of hydrogen-bond donors (Lipinski definition) is 0. The number of aromatic nitrogens is 5. The molecule has 4 aromatic rings. The molecule has 198 valence electrons. The summed E-state index contributed by atoms with van der Waals surface area (Å²) < 4.78 is 117. The Labute approximate surface area is 228 Å². The van der Waals surface area contributed by atoms with Crippen molar-refractivity contribution in [2.75, 3.05) is 30.9 Å². The van der Waals surface area contributed by atoms with E-state index in [1.807, 2.05) is 0 Å². The van der Waals surface area contributed by atoms with Crippen molar-refractivity contribution in [1.29, 1.82) is 0 Å². The van der Waals surface area contributed by atoms with Gasteiger partial charge in [-0.3, -0.25) is 9.58 Å². The second-order valence-electron chi connectivity index (χ2n) is 8.73. The Hall–Kier alpha value is -3.93. The molecule has 0 N–H and O–H groups in total. The number of aryl methyl sites for hydroxylation is 1. The summed E-state index contributed by atoms with van der Waals surface area (Å²) >= 11 is 0. The molecule has 0 amide bonds. The average Bonchev–Trinajstić information content (AvgIpc) is 3.50. The minimum Gasteiger partial charge on any atom is -0.406 e. The summed E-state index contributed by atoms with van der Waals surface area (Å²) in [7, 11) is 0. The first-order valence-electron chi connectivity index (χ1n) is 15.6. The van der Waals surface area contributed by atoms with Gasteiger partial charge in [-0.1, -0.05) is 5.16 Å². The van der Waals surface area contributed by atoms with Crippen LogP contribution in [0.1, 0.15) is 35.1 Å². The van der Waals surface area contributed by atoms with Crippen molar-refractivity contribution >= 4 is 5.82 Å². The fraction of sp³-hybridized carbons (Fsp3) is 0.385. The van der Waals surface area contributed by atoms with Crippen LogP contribution in [-0.4, -0.2) is 68.2 Å². The lowest BCUT2D eigenvalue weighted by Gasteiger charge is -2.35. The second kappa shape index (κ2) is 9.75. The Bertz CT molecular complexity index is 1730. The summed E-state index contributed by atoms with van der Waals surface area (Å²) in [5.41, 5.74) is 1.77. The molecule has 6 rings (SSSR count). The predicted octanol–water partition coefficient (Wildman–Crippen LogP) is 4.53. The van der Waals surface area contributed by atoms with Crippen molar-refractivity contribution in [3.63, 3.8) is 0 Å². The number of benzene rings is 1. The molecular formula is C26H26F3N7O2. The van der Waals surface area contributed by atoms with Crippen molar-refractivity contribution in [2.45, 2.75) is 38.7 Å². The van der Waals surface area contributed by atoms with Gasteiger partial charge < -0.3 is 14.2 Å². The first kappa shape index (κ1) is 16.8. The van der Waals surface area contributed by atoms with E-state index in [-0.39, 0.29) is 29.8 Å². The van der Waals surface area contributed by atoms with Crippen LogP contribution in [0.4, 0.5) is 19.0 Å². The Balaban J connectivity index is 1.25. The molecule has 4 heterocycles. The van der Waals surface area contributed by atoms with Gasteiger partial charge in [-0.05, 0) is 67.8 Å². The fourth-order valence-electron chi connectivity index (χ4n) is 3.77. The molecule has 1 saturated heterocycles.